The van der Waals surface area contributed by atoms with Crippen molar-refractivity contribution in [2.75, 3.05) is 5.32 Å². The summed E-state index contributed by atoms with van der Waals surface area (Å²) in [5.41, 5.74) is 2.21. The second kappa shape index (κ2) is 5.14. The number of nitrogens with zero attached hydrogens (tertiary/aromatic N) is 1. The molecule has 0 aliphatic heterocycles. The molecule has 2 nitrogen and oxygen atoms in total. The summed E-state index contributed by atoms with van der Waals surface area (Å²) in [7, 11) is 0. The summed E-state index contributed by atoms with van der Waals surface area (Å²) in [5, 5.41) is 3.28. The highest BCUT2D eigenvalue weighted by atomic mass is 127. The quantitative estimate of drug-likeness (QED) is 0.766. The van der Waals surface area contributed by atoms with E-state index in [2.05, 4.69) is 61.0 Å². The molecule has 4 heteroatoms. The van der Waals surface area contributed by atoms with Crippen molar-refractivity contribution in [2.45, 2.75) is 6.92 Å². The molecule has 2 aromatic rings. The standard InChI is InChI=1S/C12H10BrIN2/c1-8-6-7-15-12(11(8)13)16-10-4-2-9(14)3-5-10/h2-7H,1H3,(H,15,16). The molecular formula is C12H10BrIN2. The van der Waals surface area contributed by atoms with Gasteiger partial charge in [0.15, 0.2) is 0 Å². The molecule has 0 atom stereocenters. The number of halogens is 2. The smallest absolute Gasteiger partial charge is 0.144 e. The SMILES string of the molecule is Cc1ccnc(Nc2ccc(I)cc2)c1Br. The molecule has 1 N–H and O–H groups in total. The molecule has 0 aliphatic carbocycles. The third kappa shape index (κ3) is 2.74. The van der Waals surface area contributed by atoms with E-state index in [1.807, 2.05) is 25.1 Å². The zero-order valence-electron chi connectivity index (χ0n) is 8.67. The average Bonchev–Trinajstić information content (AvgIpc) is 2.28. The number of hydrogen-bond donors (Lipinski definition) is 1. The molecule has 1 aromatic carbocycles. The number of nitrogens with one attached hydrogen (secondary N) is 1. The number of anilines is 2. The number of benzene rings is 1. The van der Waals surface area contributed by atoms with Gasteiger partial charge in [-0.2, -0.15) is 0 Å². The van der Waals surface area contributed by atoms with Gasteiger partial charge < -0.3 is 5.32 Å². The fourth-order valence-electron chi connectivity index (χ4n) is 1.30. The van der Waals surface area contributed by atoms with Crippen LogP contribution in [0.2, 0.25) is 0 Å². The second-order valence-corrected chi connectivity index (χ2v) is 5.46. The first-order valence-electron chi connectivity index (χ1n) is 4.80. The number of pyridine rings is 1. The predicted molar refractivity (Wildman–Crippen MR) is 79.1 cm³/mol. The van der Waals surface area contributed by atoms with Gasteiger partial charge in [0, 0.05) is 15.5 Å². The van der Waals surface area contributed by atoms with Crippen molar-refractivity contribution in [3.05, 3.63) is 50.1 Å². The molecule has 1 heterocycles. The van der Waals surface area contributed by atoms with E-state index >= 15 is 0 Å². The maximum atomic E-state index is 4.30. The van der Waals surface area contributed by atoms with Gasteiger partial charge in [-0.3, -0.25) is 0 Å². The maximum Gasteiger partial charge on any atom is 0.144 e. The Morgan fingerprint density at radius 3 is 2.56 bits per heavy atom. The number of aryl methyl sites for hydroxylation is 1. The third-order valence-electron chi connectivity index (χ3n) is 2.19. The Morgan fingerprint density at radius 1 is 1.19 bits per heavy atom. The minimum absolute atomic E-state index is 0.848. The van der Waals surface area contributed by atoms with Gasteiger partial charge in [-0.05, 0) is 81.3 Å². The lowest BCUT2D eigenvalue weighted by Crippen LogP contribution is -1.95. The lowest BCUT2D eigenvalue weighted by molar-refractivity contribution is 1.25. The highest BCUT2D eigenvalue weighted by molar-refractivity contribution is 14.1. The van der Waals surface area contributed by atoms with E-state index in [0.29, 0.717) is 0 Å². The van der Waals surface area contributed by atoms with E-state index in [-0.39, 0.29) is 0 Å². The molecule has 1 aromatic heterocycles. The van der Waals surface area contributed by atoms with Crippen molar-refractivity contribution in [1.82, 2.24) is 4.98 Å². The first-order valence-corrected chi connectivity index (χ1v) is 6.67. The van der Waals surface area contributed by atoms with Gasteiger partial charge in [-0.15, -0.1) is 0 Å². The summed E-state index contributed by atoms with van der Waals surface area (Å²) in [6.45, 7) is 2.05. The van der Waals surface area contributed by atoms with Gasteiger partial charge in [-0.1, -0.05) is 0 Å². The molecule has 16 heavy (non-hydrogen) atoms. The van der Waals surface area contributed by atoms with Crippen LogP contribution in [0.4, 0.5) is 11.5 Å². The van der Waals surface area contributed by atoms with Crippen LogP contribution < -0.4 is 5.32 Å². The van der Waals surface area contributed by atoms with Gasteiger partial charge in [-0.25, -0.2) is 4.98 Å². The Hall–Kier alpha value is -0.620. The minimum Gasteiger partial charge on any atom is -0.339 e. The van der Waals surface area contributed by atoms with E-state index in [1.54, 1.807) is 6.20 Å². The molecule has 0 unspecified atom stereocenters. The highest BCUT2D eigenvalue weighted by Gasteiger charge is 2.03. The van der Waals surface area contributed by atoms with Crippen LogP contribution in [0.1, 0.15) is 5.56 Å². The van der Waals surface area contributed by atoms with Crippen LogP contribution in [0.5, 0.6) is 0 Å². The Morgan fingerprint density at radius 2 is 1.88 bits per heavy atom. The predicted octanol–water partition coefficient (Wildman–Crippen LogP) is 4.50. The van der Waals surface area contributed by atoms with E-state index in [0.717, 1.165) is 16.0 Å². The second-order valence-electron chi connectivity index (χ2n) is 3.42. The largest absolute Gasteiger partial charge is 0.339 e. The van der Waals surface area contributed by atoms with E-state index in [4.69, 9.17) is 0 Å². The van der Waals surface area contributed by atoms with E-state index in [9.17, 15) is 0 Å². The molecular weight excluding hydrogens is 379 g/mol. The monoisotopic (exact) mass is 388 g/mol. The van der Waals surface area contributed by atoms with Crippen LogP contribution >= 0.6 is 38.5 Å². The summed E-state index contributed by atoms with van der Waals surface area (Å²) in [5.74, 6) is 0.848. The normalized spacial score (nSPS) is 10.2. The fraction of sp³-hybridized carbons (Fsp3) is 0.0833. The van der Waals surface area contributed by atoms with Gasteiger partial charge >= 0.3 is 0 Å². The van der Waals surface area contributed by atoms with Crippen molar-refractivity contribution < 1.29 is 0 Å². The van der Waals surface area contributed by atoms with Gasteiger partial charge in [0.05, 0.1) is 4.47 Å². The van der Waals surface area contributed by atoms with E-state index in [1.165, 1.54) is 9.13 Å². The first-order chi connectivity index (χ1) is 7.66. The molecule has 2 rings (SSSR count). The Balaban J connectivity index is 2.27. The molecule has 0 spiro atoms. The minimum atomic E-state index is 0.848. The van der Waals surface area contributed by atoms with Crippen LogP contribution in [0, 0.1) is 10.5 Å². The molecule has 82 valence electrons. The van der Waals surface area contributed by atoms with Crippen LogP contribution in [0.15, 0.2) is 41.0 Å². The van der Waals surface area contributed by atoms with Crippen LogP contribution in [0.25, 0.3) is 0 Å². The summed E-state index contributed by atoms with van der Waals surface area (Å²) < 4.78 is 2.23. The van der Waals surface area contributed by atoms with Gasteiger partial charge in [0.2, 0.25) is 0 Å². The average molecular weight is 389 g/mol. The van der Waals surface area contributed by atoms with Crippen LogP contribution in [-0.4, -0.2) is 4.98 Å². The van der Waals surface area contributed by atoms with Crippen molar-refractivity contribution >= 4 is 50.0 Å². The number of aromatic nitrogens is 1. The summed E-state index contributed by atoms with van der Waals surface area (Å²) in [4.78, 5) is 4.30. The van der Waals surface area contributed by atoms with E-state index < -0.39 is 0 Å². The third-order valence-corrected chi connectivity index (χ3v) is 3.91. The summed E-state index contributed by atoms with van der Waals surface area (Å²) in [6, 6.07) is 10.2. The highest BCUT2D eigenvalue weighted by Crippen LogP contribution is 2.26. The zero-order chi connectivity index (χ0) is 11.5. The molecule has 0 radical (unpaired) electrons. The number of rotatable bonds is 2. The first kappa shape index (κ1) is 11.9. The topological polar surface area (TPSA) is 24.9 Å². The van der Waals surface area contributed by atoms with Gasteiger partial charge in [0.25, 0.3) is 0 Å². The molecule has 0 fully saturated rings. The van der Waals surface area contributed by atoms with Crippen molar-refractivity contribution in [3.63, 3.8) is 0 Å². The van der Waals surface area contributed by atoms with Crippen molar-refractivity contribution in [3.8, 4) is 0 Å². The van der Waals surface area contributed by atoms with Crippen molar-refractivity contribution in [2.24, 2.45) is 0 Å². The molecule has 0 saturated heterocycles. The molecule has 0 amide bonds. The zero-order valence-corrected chi connectivity index (χ0v) is 12.4. The Labute approximate surface area is 117 Å². The summed E-state index contributed by atoms with van der Waals surface area (Å²) >= 11 is 5.81. The van der Waals surface area contributed by atoms with Crippen molar-refractivity contribution in [1.29, 1.82) is 0 Å². The molecule has 0 saturated carbocycles. The fourth-order valence-corrected chi connectivity index (χ4v) is 1.99. The molecule has 0 aliphatic rings. The lowest BCUT2D eigenvalue weighted by atomic mass is 10.3. The number of hydrogen-bond acceptors (Lipinski definition) is 2. The molecule has 0 bridgehead atoms. The summed E-state index contributed by atoms with van der Waals surface area (Å²) in [6.07, 6.45) is 1.80. The Bertz CT molecular complexity index is 497. The van der Waals surface area contributed by atoms with Crippen LogP contribution in [-0.2, 0) is 0 Å². The maximum absolute atomic E-state index is 4.30. The lowest BCUT2D eigenvalue weighted by Gasteiger charge is -2.08. The van der Waals surface area contributed by atoms with Crippen LogP contribution in [0.3, 0.4) is 0 Å². The Kier molecular flexibility index (Phi) is 3.81. The van der Waals surface area contributed by atoms with Gasteiger partial charge in [0.1, 0.15) is 5.82 Å².